The number of nitrogens with zero attached hydrogens (tertiary/aromatic N) is 3. The first kappa shape index (κ1) is 20.5. The van der Waals surface area contributed by atoms with Crippen molar-refractivity contribution in [1.29, 1.82) is 0 Å². The van der Waals surface area contributed by atoms with E-state index < -0.39 is 11.7 Å². The fraction of sp³-hybridized carbons (Fsp3) is 0.261. The van der Waals surface area contributed by atoms with Crippen molar-refractivity contribution in [3.63, 3.8) is 0 Å². The van der Waals surface area contributed by atoms with Gasteiger partial charge in [-0.25, -0.2) is 4.68 Å². The summed E-state index contributed by atoms with van der Waals surface area (Å²) in [7, 11) is 3.90. The average molecular weight is 390 g/mol. The Hall–Kier alpha value is -3.25. The molecule has 0 fully saturated rings. The Balaban J connectivity index is 1.77. The monoisotopic (exact) mass is 390 g/mol. The highest BCUT2D eigenvalue weighted by Crippen LogP contribution is 2.19. The van der Waals surface area contributed by atoms with Gasteiger partial charge in [0.15, 0.2) is 0 Å². The van der Waals surface area contributed by atoms with Crippen molar-refractivity contribution < 1.29 is 9.59 Å². The first-order chi connectivity index (χ1) is 13.9. The molecule has 0 bridgehead atoms. The smallest absolute Gasteiger partial charge is 0.292 e. The highest BCUT2D eigenvalue weighted by molar-refractivity contribution is 6.43. The summed E-state index contributed by atoms with van der Waals surface area (Å²) in [6, 6.07) is 19.4. The number of hydrogen-bond donors (Lipinski definition) is 1. The van der Waals surface area contributed by atoms with Crippen LogP contribution in [0.5, 0.6) is 0 Å². The van der Waals surface area contributed by atoms with Crippen LogP contribution in [-0.2, 0) is 4.79 Å². The van der Waals surface area contributed by atoms with E-state index >= 15 is 0 Å². The summed E-state index contributed by atoms with van der Waals surface area (Å²) in [6.45, 7) is 3.89. The van der Waals surface area contributed by atoms with E-state index in [1.807, 2.05) is 79.7 Å². The largest absolute Gasteiger partial charge is 0.347 e. The zero-order valence-electron chi connectivity index (χ0n) is 17.2. The lowest BCUT2D eigenvalue weighted by atomic mass is 10.1. The van der Waals surface area contributed by atoms with Gasteiger partial charge in [-0.1, -0.05) is 48.5 Å². The molecule has 0 saturated heterocycles. The van der Waals surface area contributed by atoms with Gasteiger partial charge in [-0.15, -0.1) is 0 Å². The van der Waals surface area contributed by atoms with Gasteiger partial charge in [0, 0.05) is 6.54 Å². The minimum atomic E-state index is -0.619. The second-order valence-electron chi connectivity index (χ2n) is 7.22. The predicted octanol–water partition coefficient (Wildman–Crippen LogP) is 3.09. The standard InChI is InChI=1S/C23H26N4O2/c1-16-21(17(2)27(25-16)19-13-9-6-10-14-19)22(28)23(29)24-15-20(26(3)4)18-11-7-5-8-12-18/h5-14,20H,15H2,1-4H3,(H,24,29). The first-order valence-corrected chi connectivity index (χ1v) is 9.55. The minimum absolute atomic E-state index is 0.0258. The van der Waals surface area contributed by atoms with Crippen molar-refractivity contribution in [2.24, 2.45) is 0 Å². The molecule has 0 saturated carbocycles. The van der Waals surface area contributed by atoms with Crippen molar-refractivity contribution >= 4 is 11.7 Å². The van der Waals surface area contributed by atoms with E-state index in [0.29, 0.717) is 23.5 Å². The zero-order chi connectivity index (χ0) is 21.0. The maximum Gasteiger partial charge on any atom is 0.292 e. The van der Waals surface area contributed by atoms with E-state index in [-0.39, 0.29) is 6.04 Å². The molecule has 6 nitrogen and oxygen atoms in total. The number of aromatic nitrogens is 2. The molecular weight excluding hydrogens is 364 g/mol. The summed E-state index contributed by atoms with van der Waals surface area (Å²) in [4.78, 5) is 27.5. The van der Waals surface area contributed by atoms with Crippen molar-refractivity contribution in [2.75, 3.05) is 20.6 Å². The Morgan fingerprint density at radius 3 is 2.17 bits per heavy atom. The molecule has 3 rings (SSSR count). The lowest BCUT2D eigenvalue weighted by Crippen LogP contribution is -2.38. The normalized spacial score (nSPS) is 12.0. The second kappa shape index (κ2) is 8.84. The lowest BCUT2D eigenvalue weighted by Gasteiger charge is -2.25. The summed E-state index contributed by atoms with van der Waals surface area (Å²) in [6.07, 6.45) is 0. The molecule has 1 atom stereocenters. The molecule has 0 aliphatic heterocycles. The molecule has 0 aliphatic carbocycles. The third-order valence-electron chi connectivity index (χ3n) is 4.99. The predicted molar refractivity (Wildman–Crippen MR) is 113 cm³/mol. The maximum absolute atomic E-state index is 12.9. The van der Waals surface area contributed by atoms with Gasteiger partial charge in [0.05, 0.1) is 28.7 Å². The molecular formula is C23H26N4O2. The molecule has 1 unspecified atom stereocenters. The Morgan fingerprint density at radius 2 is 1.59 bits per heavy atom. The van der Waals surface area contributed by atoms with E-state index in [1.54, 1.807) is 18.5 Å². The average Bonchev–Trinajstić information content (AvgIpc) is 3.02. The topological polar surface area (TPSA) is 67.2 Å². The highest BCUT2D eigenvalue weighted by Gasteiger charge is 2.26. The van der Waals surface area contributed by atoms with E-state index in [0.717, 1.165) is 11.3 Å². The van der Waals surface area contributed by atoms with Gasteiger partial charge in [-0.05, 0) is 45.6 Å². The summed E-state index contributed by atoms with van der Waals surface area (Å²) in [5.74, 6) is -1.18. The Labute approximate surface area is 171 Å². The number of amides is 1. The number of carbonyl (C=O) groups is 2. The van der Waals surface area contributed by atoms with Crippen molar-refractivity contribution in [1.82, 2.24) is 20.0 Å². The number of hydrogen-bond acceptors (Lipinski definition) is 4. The van der Waals surface area contributed by atoms with Gasteiger partial charge in [0.25, 0.3) is 11.7 Å². The maximum atomic E-state index is 12.9. The van der Waals surface area contributed by atoms with Crippen LogP contribution in [0.2, 0.25) is 0 Å². The zero-order valence-corrected chi connectivity index (χ0v) is 17.2. The number of benzene rings is 2. The molecule has 2 aromatic carbocycles. The van der Waals surface area contributed by atoms with Crippen LogP contribution in [-0.4, -0.2) is 47.0 Å². The van der Waals surface area contributed by atoms with E-state index in [1.165, 1.54) is 0 Å². The molecule has 29 heavy (non-hydrogen) atoms. The molecule has 0 spiro atoms. The van der Waals surface area contributed by atoms with Gasteiger partial charge >= 0.3 is 0 Å². The number of nitrogens with one attached hydrogen (secondary N) is 1. The van der Waals surface area contributed by atoms with Crippen molar-refractivity contribution in [2.45, 2.75) is 19.9 Å². The summed E-state index contributed by atoms with van der Waals surface area (Å²) in [5.41, 5.74) is 3.48. The quantitative estimate of drug-likeness (QED) is 0.497. The Bertz CT molecular complexity index is 994. The van der Waals surface area contributed by atoms with Gasteiger partial charge in [-0.2, -0.15) is 5.10 Å². The van der Waals surface area contributed by atoms with E-state index in [9.17, 15) is 9.59 Å². The molecule has 0 aliphatic rings. The molecule has 1 heterocycles. The van der Waals surface area contributed by atoms with Gasteiger partial charge in [0.2, 0.25) is 0 Å². The van der Waals surface area contributed by atoms with Crippen molar-refractivity contribution in [3.05, 3.63) is 83.2 Å². The van der Waals surface area contributed by atoms with Crippen LogP contribution in [0.3, 0.4) is 0 Å². The molecule has 6 heteroatoms. The number of carbonyl (C=O) groups excluding carboxylic acids is 2. The van der Waals surface area contributed by atoms with Crippen LogP contribution in [0.1, 0.15) is 33.4 Å². The van der Waals surface area contributed by atoms with Crippen LogP contribution < -0.4 is 5.32 Å². The molecule has 150 valence electrons. The minimum Gasteiger partial charge on any atom is -0.347 e. The number of Topliss-reactive ketones (excluding diaryl/α,β-unsaturated/α-hetero) is 1. The number of para-hydroxylation sites is 1. The summed E-state index contributed by atoms with van der Waals surface area (Å²) >= 11 is 0. The molecule has 3 aromatic rings. The number of ketones is 1. The second-order valence-corrected chi connectivity index (χ2v) is 7.22. The Morgan fingerprint density at radius 1 is 1.00 bits per heavy atom. The lowest BCUT2D eigenvalue weighted by molar-refractivity contribution is -0.117. The number of rotatable bonds is 7. The van der Waals surface area contributed by atoms with Crippen LogP contribution in [0.25, 0.3) is 5.69 Å². The van der Waals surface area contributed by atoms with Crippen LogP contribution in [0.4, 0.5) is 0 Å². The van der Waals surface area contributed by atoms with Crippen LogP contribution >= 0.6 is 0 Å². The fourth-order valence-corrected chi connectivity index (χ4v) is 3.45. The van der Waals surface area contributed by atoms with Crippen LogP contribution in [0.15, 0.2) is 60.7 Å². The van der Waals surface area contributed by atoms with E-state index in [4.69, 9.17) is 0 Å². The SMILES string of the molecule is Cc1nn(-c2ccccc2)c(C)c1C(=O)C(=O)NCC(c1ccccc1)N(C)C. The van der Waals surface area contributed by atoms with Gasteiger partial charge in [-0.3, -0.25) is 9.59 Å². The fourth-order valence-electron chi connectivity index (χ4n) is 3.45. The summed E-state index contributed by atoms with van der Waals surface area (Å²) < 4.78 is 1.70. The summed E-state index contributed by atoms with van der Waals surface area (Å²) in [5, 5.41) is 7.26. The van der Waals surface area contributed by atoms with E-state index in [2.05, 4.69) is 10.4 Å². The third-order valence-corrected chi connectivity index (χ3v) is 4.99. The number of likely N-dealkylation sites (N-methyl/N-ethyl adjacent to an activating group) is 1. The third kappa shape index (κ3) is 4.43. The first-order valence-electron chi connectivity index (χ1n) is 9.55. The Kier molecular flexibility index (Phi) is 6.24. The van der Waals surface area contributed by atoms with Gasteiger partial charge < -0.3 is 10.2 Å². The molecule has 1 N–H and O–H groups in total. The molecule has 1 amide bonds. The highest BCUT2D eigenvalue weighted by atomic mass is 16.2. The number of aryl methyl sites for hydroxylation is 1. The van der Waals surface area contributed by atoms with Gasteiger partial charge in [0.1, 0.15) is 0 Å². The molecule has 1 aromatic heterocycles. The van der Waals surface area contributed by atoms with Crippen molar-refractivity contribution in [3.8, 4) is 5.69 Å². The molecule has 0 radical (unpaired) electrons. The van der Waals surface area contributed by atoms with Crippen LogP contribution in [0, 0.1) is 13.8 Å².